The van der Waals surface area contributed by atoms with Crippen LogP contribution in [-0.4, -0.2) is 30.7 Å². The minimum Gasteiger partial charge on any atom is -1.00 e. The van der Waals surface area contributed by atoms with Crippen LogP contribution in [0, 0.1) is 0 Å². The molecule has 0 atom stereocenters. The zero-order chi connectivity index (χ0) is 18.6. The van der Waals surface area contributed by atoms with Crippen molar-refractivity contribution in [3.05, 3.63) is 83.9 Å². The van der Waals surface area contributed by atoms with Crippen LogP contribution in [0.3, 0.4) is 0 Å². The number of nitrogens with zero attached hydrogens (tertiary/aromatic N) is 1. The SMILES string of the molecule is [Br-].c1ccc2cc3c(cc2c1)C[N+]1(CCNCC1)Cc1ccc2ccccc2c1-3. The molecule has 2 heterocycles. The summed E-state index contributed by atoms with van der Waals surface area (Å²) in [6.45, 7) is 6.91. The summed E-state index contributed by atoms with van der Waals surface area (Å²) in [5.41, 5.74) is 5.93. The van der Waals surface area contributed by atoms with Crippen LogP contribution in [0.5, 0.6) is 0 Å². The lowest BCUT2D eigenvalue weighted by molar-refractivity contribution is -0.954. The van der Waals surface area contributed by atoms with Gasteiger partial charge in [0.05, 0.1) is 13.1 Å². The molecular formula is C26H25BrN2. The summed E-state index contributed by atoms with van der Waals surface area (Å²) in [4.78, 5) is 0. The second kappa shape index (κ2) is 7.24. The lowest BCUT2D eigenvalue weighted by Gasteiger charge is -2.41. The Bertz CT molecular complexity index is 1210. The third-order valence-electron chi connectivity index (χ3n) is 6.79. The number of hydrogen-bond donors (Lipinski definition) is 1. The van der Waals surface area contributed by atoms with Crippen molar-refractivity contribution in [3.63, 3.8) is 0 Å². The van der Waals surface area contributed by atoms with E-state index >= 15 is 0 Å². The topological polar surface area (TPSA) is 12.0 Å². The number of rotatable bonds is 0. The van der Waals surface area contributed by atoms with E-state index in [9.17, 15) is 0 Å². The van der Waals surface area contributed by atoms with Crippen LogP contribution in [0.4, 0.5) is 0 Å². The smallest absolute Gasteiger partial charge is 0.105 e. The summed E-state index contributed by atoms with van der Waals surface area (Å²) in [6.07, 6.45) is 0. The van der Waals surface area contributed by atoms with Gasteiger partial charge in [-0.2, -0.15) is 0 Å². The van der Waals surface area contributed by atoms with Crippen molar-refractivity contribution < 1.29 is 21.5 Å². The fraction of sp³-hybridized carbons (Fsp3) is 0.231. The van der Waals surface area contributed by atoms with E-state index < -0.39 is 0 Å². The summed E-state index contributed by atoms with van der Waals surface area (Å²) in [5.74, 6) is 0. The molecule has 146 valence electrons. The van der Waals surface area contributed by atoms with Crippen molar-refractivity contribution in [2.24, 2.45) is 0 Å². The molecule has 0 amide bonds. The van der Waals surface area contributed by atoms with Crippen LogP contribution in [0.2, 0.25) is 0 Å². The Labute approximate surface area is 182 Å². The molecule has 1 N–H and O–H groups in total. The van der Waals surface area contributed by atoms with E-state index in [1.54, 1.807) is 0 Å². The Balaban J connectivity index is 0.00000181. The van der Waals surface area contributed by atoms with Gasteiger partial charge in [-0.3, -0.25) is 0 Å². The second-order valence-electron chi connectivity index (χ2n) is 8.53. The third kappa shape index (κ3) is 3.09. The maximum atomic E-state index is 3.57. The van der Waals surface area contributed by atoms with Gasteiger partial charge in [-0.15, -0.1) is 0 Å². The molecule has 4 aromatic carbocycles. The van der Waals surface area contributed by atoms with E-state index in [4.69, 9.17) is 0 Å². The van der Waals surface area contributed by atoms with Crippen LogP contribution in [-0.2, 0) is 13.1 Å². The van der Waals surface area contributed by atoms with Crippen LogP contribution in [0.1, 0.15) is 11.1 Å². The van der Waals surface area contributed by atoms with Crippen LogP contribution in [0.25, 0.3) is 32.7 Å². The average Bonchev–Trinajstić information content (AvgIpc) is 2.86. The van der Waals surface area contributed by atoms with E-state index in [2.05, 4.69) is 78.1 Å². The number of piperazine rings is 1. The Morgan fingerprint density at radius 2 is 1.31 bits per heavy atom. The second-order valence-corrected chi connectivity index (χ2v) is 8.53. The zero-order valence-electron chi connectivity index (χ0n) is 16.5. The van der Waals surface area contributed by atoms with Gasteiger partial charge in [0, 0.05) is 24.2 Å². The predicted octanol–water partition coefficient (Wildman–Crippen LogP) is 2.10. The third-order valence-corrected chi connectivity index (χ3v) is 6.79. The molecule has 0 aromatic heterocycles. The molecule has 1 spiro atoms. The number of fused-ring (bicyclic) bond motifs is 6. The highest BCUT2D eigenvalue weighted by atomic mass is 79.9. The molecule has 2 nitrogen and oxygen atoms in total. The van der Waals surface area contributed by atoms with E-state index in [1.165, 1.54) is 61.4 Å². The van der Waals surface area contributed by atoms with Crippen LogP contribution in [0.15, 0.2) is 72.8 Å². The minimum absolute atomic E-state index is 0. The minimum atomic E-state index is 0. The van der Waals surface area contributed by atoms with Crippen molar-refractivity contribution >= 4 is 21.5 Å². The molecule has 1 fully saturated rings. The molecule has 0 saturated carbocycles. The van der Waals surface area contributed by atoms with Gasteiger partial charge in [0.15, 0.2) is 0 Å². The molecular weight excluding hydrogens is 420 g/mol. The molecule has 0 radical (unpaired) electrons. The number of benzene rings is 4. The maximum absolute atomic E-state index is 3.57. The van der Waals surface area contributed by atoms with Crippen molar-refractivity contribution in [1.82, 2.24) is 5.32 Å². The van der Waals surface area contributed by atoms with Crippen LogP contribution < -0.4 is 22.3 Å². The Kier molecular flexibility index (Phi) is 4.70. The Hall–Kier alpha value is -2.20. The summed E-state index contributed by atoms with van der Waals surface area (Å²) in [5, 5.41) is 9.01. The highest BCUT2D eigenvalue weighted by molar-refractivity contribution is 6.01. The first kappa shape index (κ1) is 18.8. The summed E-state index contributed by atoms with van der Waals surface area (Å²) < 4.78 is 1.17. The molecule has 1 saturated heterocycles. The number of hydrogen-bond acceptors (Lipinski definition) is 1. The molecule has 2 aliphatic heterocycles. The molecule has 3 heteroatoms. The standard InChI is InChI=1S/C26H25N2.BrH/c1-2-7-21-16-25-23(15-20(21)6-1)18-28(13-11-27-12-14-28)17-22-10-9-19-5-3-4-8-24(19)26(22)25;/h1-10,15-16,27H,11-14,17-18H2;1H/q+1;/p-1. The molecule has 29 heavy (non-hydrogen) atoms. The normalized spacial score (nSPS) is 17.4. The maximum Gasteiger partial charge on any atom is 0.105 e. The Morgan fingerprint density at radius 1 is 0.655 bits per heavy atom. The molecule has 2 aliphatic rings. The predicted molar refractivity (Wildman–Crippen MR) is 117 cm³/mol. The first-order valence-corrected chi connectivity index (χ1v) is 10.4. The summed E-state index contributed by atoms with van der Waals surface area (Å²) in [7, 11) is 0. The number of halogens is 1. The highest BCUT2D eigenvalue weighted by Gasteiger charge is 2.35. The molecule has 0 aliphatic carbocycles. The lowest BCUT2D eigenvalue weighted by Crippen LogP contribution is -3.00. The monoisotopic (exact) mass is 444 g/mol. The van der Waals surface area contributed by atoms with E-state index in [0.29, 0.717) is 0 Å². The quantitative estimate of drug-likeness (QED) is 0.409. The van der Waals surface area contributed by atoms with Crippen LogP contribution >= 0.6 is 0 Å². The van der Waals surface area contributed by atoms with E-state index in [-0.39, 0.29) is 17.0 Å². The zero-order valence-corrected chi connectivity index (χ0v) is 18.1. The van der Waals surface area contributed by atoms with Gasteiger partial charge in [0.25, 0.3) is 0 Å². The first-order chi connectivity index (χ1) is 13.8. The van der Waals surface area contributed by atoms with Crippen molar-refractivity contribution in [1.29, 1.82) is 0 Å². The molecule has 0 bridgehead atoms. The van der Waals surface area contributed by atoms with Crippen molar-refractivity contribution in [2.45, 2.75) is 13.1 Å². The molecule has 4 aromatic rings. The highest BCUT2D eigenvalue weighted by Crippen LogP contribution is 2.41. The number of quaternary nitrogens is 1. The summed E-state index contributed by atoms with van der Waals surface area (Å²) >= 11 is 0. The summed E-state index contributed by atoms with van der Waals surface area (Å²) in [6, 6.07) is 27.3. The van der Waals surface area contributed by atoms with Gasteiger partial charge >= 0.3 is 0 Å². The lowest BCUT2D eigenvalue weighted by atomic mass is 9.90. The molecule has 0 unspecified atom stereocenters. The van der Waals surface area contributed by atoms with Gasteiger partial charge in [0.1, 0.15) is 13.1 Å². The fourth-order valence-electron chi connectivity index (χ4n) is 5.38. The molecule has 6 rings (SSSR count). The number of nitrogens with one attached hydrogen (secondary N) is 1. The fourth-order valence-corrected chi connectivity index (χ4v) is 5.38. The van der Waals surface area contributed by atoms with Gasteiger partial charge < -0.3 is 26.8 Å². The van der Waals surface area contributed by atoms with E-state index in [1.807, 2.05) is 0 Å². The Morgan fingerprint density at radius 3 is 2.10 bits per heavy atom. The largest absolute Gasteiger partial charge is 1.00 e. The van der Waals surface area contributed by atoms with Gasteiger partial charge in [-0.25, -0.2) is 0 Å². The van der Waals surface area contributed by atoms with Gasteiger partial charge in [-0.05, 0) is 44.8 Å². The van der Waals surface area contributed by atoms with E-state index in [0.717, 1.165) is 26.2 Å². The van der Waals surface area contributed by atoms with Crippen molar-refractivity contribution in [3.8, 4) is 11.1 Å². The average molecular weight is 445 g/mol. The van der Waals surface area contributed by atoms with Gasteiger partial charge in [0.2, 0.25) is 0 Å². The van der Waals surface area contributed by atoms with Gasteiger partial charge in [-0.1, -0.05) is 60.7 Å². The van der Waals surface area contributed by atoms with Crippen molar-refractivity contribution in [2.75, 3.05) is 26.2 Å². The first-order valence-electron chi connectivity index (χ1n) is 10.4.